The van der Waals surface area contributed by atoms with Crippen LogP contribution in [0, 0.1) is 5.92 Å². The average Bonchev–Trinajstić information content (AvgIpc) is 3.68. The number of carbonyl (C=O) groups excluding carboxylic acids is 3. The molecule has 4 unspecified atom stereocenters. The van der Waals surface area contributed by atoms with Crippen molar-refractivity contribution in [1.29, 1.82) is 0 Å². The first-order valence-electron chi connectivity index (χ1n) is 14.0. The molecule has 210 valence electrons. The summed E-state index contributed by atoms with van der Waals surface area (Å²) in [5.41, 5.74) is 4.55. The average molecular weight is 579 g/mol. The zero-order chi connectivity index (χ0) is 28.8. The highest BCUT2D eigenvalue weighted by molar-refractivity contribution is 6.31. The molecule has 42 heavy (non-hydrogen) atoms. The van der Waals surface area contributed by atoms with E-state index in [2.05, 4.69) is 28.5 Å². The van der Waals surface area contributed by atoms with Gasteiger partial charge in [-0.05, 0) is 66.3 Å². The molecule has 3 amide bonds. The maximum atomic E-state index is 14.0. The van der Waals surface area contributed by atoms with Crippen molar-refractivity contribution >= 4 is 46.8 Å². The lowest BCUT2D eigenvalue weighted by Gasteiger charge is -2.30. The number of carbonyl (C=O) groups is 3. The Kier molecular flexibility index (Phi) is 6.66. The summed E-state index contributed by atoms with van der Waals surface area (Å²) in [5, 5.41) is 16.5. The van der Waals surface area contributed by atoms with Crippen molar-refractivity contribution in [1.82, 2.24) is 10.0 Å². The maximum Gasteiger partial charge on any atom is 0.264 e. The number of allylic oxidation sites excluding steroid dienone is 1. The van der Waals surface area contributed by atoms with Crippen molar-refractivity contribution < 1.29 is 14.4 Å². The molecule has 0 aromatic heterocycles. The molecule has 4 aliphatic rings. The molecule has 0 bridgehead atoms. The molecule has 2 fully saturated rings. The van der Waals surface area contributed by atoms with E-state index in [1.54, 1.807) is 29.3 Å². The third-order valence-corrected chi connectivity index (χ3v) is 8.53. The van der Waals surface area contributed by atoms with E-state index in [1.807, 2.05) is 48.5 Å². The van der Waals surface area contributed by atoms with Gasteiger partial charge >= 0.3 is 0 Å². The van der Waals surface area contributed by atoms with Crippen LogP contribution in [0.4, 0.5) is 5.69 Å². The number of nitrogens with zero attached hydrogens (tertiary/aromatic N) is 6. The van der Waals surface area contributed by atoms with Crippen LogP contribution in [0.3, 0.4) is 0 Å². The van der Waals surface area contributed by atoms with E-state index in [4.69, 9.17) is 16.7 Å². The second kappa shape index (κ2) is 10.6. The molecule has 1 saturated carbocycles. The molecule has 7 rings (SSSR count). The highest BCUT2D eigenvalue weighted by Gasteiger charge is 2.55. The van der Waals surface area contributed by atoms with Crippen LogP contribution in [0.1, 0.15) is 36.4 Å². The first-order chi connectivity index (χ1) is 20.5. The number of rotatable bonds is 5. The number of hydrogen-bond acceptors (Lipinski definition) is 7. The summed E-state index contributed by atoms with van der Waals surface area (Å²) in [7, 11) is 0. The number of hydrazone groups is 1. The fourth-order valence-electron chi connectivity index (χ4n) is 6.35. The fourth-order valence-corrected chi connectivity index (χ4v) is 6.48. The highest BCUT2D eigenvalue weighted by atomic mass is 35.5. The molecule has 0 radical (unpaired) electrons. The lowest BCUT2D eigenvalue weighted by Crippen LogP contribution is -2.45. The minimum absolute atomic E-state index is 0.0445. The van der Waals surface area contributed by atoms with Crippen LogP contribution in [0.5, 0.6) is 0 Å². The van der Waals surface area contributed by atoms with Gasteiger partial charge in [0.15, 0.2) is 12.1 Å². The summed E-state index contributed by atoms with van der Waals surface area (Å²) in [6.07, 6.45) is 4.95. The molecule has 1 aliphatic carbocycles. The Bertz CT molecular complexity index is 1640. The Hall–Kier alpha value is -4.63. The van der Waals surface area contributed by atoms with Gasteiger partial charge in [0, 0.05) is 10.9 Å². The third kappa shape index (κ3) is 4.50. The van der Waals surface area contributed by atoms with Gasteiger partial charge in [0.1, 0.15) is 6.54 Å². The number of anilines is 1. The summed E-state index contributed by atoms with van der Waals surface area (Å²) < 4.78 is 0. The normalized spacial score (nSPS) is 25.7. The molecule has 10 heteroatoms. The maximum absolute atomic E-state index is 14.0. The van der Waals surface area contributed by atoms with Crippen LogP contribution < -0.4 is 4.90 Å². The Balaban J connectivity index is 1.18. The first-order valence-corrected chi connectivity index (χ1v) is 14.4. The number of hydrogen-bond donors (Lipinski definition) is 0. The third-order valence-electron chi connectivity index (χ3n) is 8.28. The molecule has 3 aromatic rings. The molecule has 0 spiro atoms. The summed E-state index contributed by atoms with van der Waals surface area (Å²) >= 11 is 5.99. The van der Waals surface area contributed by atoms with E-state index in [-0.39, 0.29) is 24.4 Å². The minimum atomic E-state index is -1.00. The van der Waals surface area contributed by atoms with Gasteiger partial charge in [-0.15, -0.1) is 0 Å². The second-order valence-corrected chi connectivity index (χ2v) is 11.3. The molecule has 3 heterocycles. The van der Waals surface area contributed by atoms with Gasteiger partial charge in [-0.1, -0.05) is 77.5 Å². The van der Waals surface area contributed by atoms with Gasteiger partial charge in [0.2, 0.25) is 0 Å². The van der Waals surface area contributed by atoms with Crippen molar-refractivity contribution in [3.63, 3.8) is 0 Å². The van der Waals surface area contributed by atoms with Crippen LogP contribution in [0.2, 0.25) is 5.02 Å². The summed E-state index contributed by atoms with van der Waals surface area (Å²) in [6.45, 7) is -0.233. The predicted molar refractivity (Wildman–Crippen MR) is 158 cm³/mol. The highest BCUT2D eigenvalue weighted by Crippen LogP contribution is 2.44. The lowest BCUT2D eigenvalue weighted by molar-refractivity contribution is -0.136. The number of imide groups is 1. The summed E-state index contributed by atoms with van der Waals surface area (Å²) in [4.78, 5) is 41.7. The van der Waals surface area contributed by atoms with Crippen LogP contribution >= 0.6 is 11.6 Å². The molecule has 9 nitrogen and oxygen atoms in total. The quantitative estimate of drug-likeness (QED) is 0.376. The molecular formula is C32H27ClN6O3. The Morgan fingerprint density at radius 2 is 1.62 bits per heavy atom. The van der Waals surface area contributed by atoms with Crippen LogP contribution in [0.25, 0.3) is 6.08 Å². The largest absolute Gasteiger partial charge is 0.271 e. The van der Waals surface area contributed by atoms with Crippen molar-refractivity contribution in [3.05, 3.63) is 107 Å². The van der Waals surface area contributed by atoms with Crippen LogP contribution in [-0.2, 0) is 14.4 Å². The molecule has 3 aliphatic heterocycles. The fraction of sp³-hybridized carbons (Fsp3) is 0.250. The standard InChI is InChI=1S/C32H27ClN6O3/c33-23-14-16-24(17-15-23)38-31(41)28-30(32(38)42)37(36-34-28)19-26(40)39-29(21-10-5-2-6-11-21)25-13-7-12-22(27(25)35-39)18-20-8-3-1-4-9-20/h1-6,8-11,14-18,25,28-30H,7,12-13,19H2/b22-18+. The number of halogens is 1. The van der Waals surface area contributed by atoms with Crippen molar-refractivity contribution in [3.8, 4) is 0 Å². The zero-order valence-electron chi connectivity index (χ0n) is 22.6. The van der Waals surface area contributed by atoms with E-state index >= 15 is 0 Å². The van der Waals surface area contributed by atoms with E-state index in [0.717, 1.165) is 46.6 Å². The minimum Gasteiger partial charge on any atom is -0.271 e. The first kappa shape index (κ1) is 26.3. The van der Waals surface area contributed by atoms with E-state index in [9.17, 15) is 14.4 Å². The van der Waals surface area contributed by atoms with Gasteiger partial charge in [-0.3, -0.25) is 19.4 Å². The van der Waals surface area contributed by atoms with E-state index in [1.165, 1.54) is 5.01 Å². The molecule has 4 atom stereocenters. The molecule has 3 aromatic carbocycles. The van der Waals surface area contributed by atoms with Gasteiger partial charge in [0.05, 0.1) is 17.4 Å². The second-order valence-electron chi connectivity index (χ2n) is 10.8. The Labute approximate surface area is 247 Å². The van der Waals surface area contributed by atoms with E-state index in [0.29, 0.717) is 10.7 Å². The Morgan fingerprint density at radius 1 is 0.905 bits per heavy atom. The summed E-state index contributed by atoms with van der Waals surface area (Å²) in [6, 6.07) is 24.2. The Morgan fingerprint density at radius 3 is 2.36 bits per heavy atom. The molecular weight excluding hydrogens is 552 g/mol. The SMILES string of the molecule is O=C1C2N=NN(CC(=O)N3N=C4/C(=C/c5ccccc5)CCCC4C3c3ccccc3)C2C(=O)N1c1ccc(Cl)cc1. The molecule has 1 saturated heterocycles. The monoisotopic (exact) mass is 578 g/mol. The van der Waals surface area contributed by atoms with Crippen LogP contribution in [0.15, 0.2) is 106 Å². The summed E-state index contributed by atoms with van der Waals surface area (Å²) in [5.74, 6) is -1.21. The van der Waals surface area contributed by atoms with Crippen molar-refractivity contribution in [2.75, 3.05) is 11.4 Å². The topological polar surface area (TPSA) is 98.0 Å². The smallest absolute Gasteiger partial charge is 0.264 e. The van der Waals surface area contributed by atoms with E-state index < -0.39 is 23.9 Å². The van der Waals surface area contributed by atoms with Crippen molar-refractivity contribution in [2.45, 2.75) is 37.4 Å². The van der Waals surface area contributed by atoms with Gasteiger partial charge in [-0.25, -0.2) is 9.91 Å². The van der Waals surface area contributed by atoms with Gasteiger partial charge in [-0.2, -0.15) is 10.2 Å². The number of amides is 3. The molecule has 0 N–H and O–H groups in total. The predicted octanol–water partition coefficient (Wildman–Crippen LogP) is 5.46. The zero-order valence-corrected chi connectivity index (χ0v) is 23.3. The lowest BCUT2D eigenvalue weighted by atomic mass is 9.77. The van der Waals surface area contributed by atoms with Gasteiger partial charge in [0.25, 0.3) is 17.7 Å². The number of fused-ring (bicyclic) bond motifs is 2. The van der Waals surface area contributed by atoms with Crippen molar-refractivity contribution in [2.24, 2.45) is 21.4 Å². The van der Waals surface area contributed by atoms with Crippen LogP contribution in [-0.4, -0.2) is 52.1 Å². The van der Waals surface area contributed by atoms with Gasteiger partial charge < -0.3 is 0 Å². The number of benzene rings is 3.